The van der Waals surface area contributed by atoms with Crippen molar-refractivity contribution >= 4 is 0 Å². The molecule has 0 N–H and O–H groups in total. The van der Waals surface area contributed by atoms with Crippen LogP contribution in [0.2, 0.25) is 0 Å². The van der Waals surface area contributed by atoms with Crippen LogP contribution in [0.4, 0.5) is 13.2 Å². The van der Waals surface area contributed by atoms with Crippen molar-refractivity contribution in [1.82, 2.24) is 0 Å². The van der Waals surface area contributed by atoms with Crippen LogP contribution in [0.25, 0.3) is 0 Å². The van der Waals surface area contributed by atoms with Gasteiger partial charge in [0.25, 0.3) is 0 Å². The molecule has 0 aromatic carbocycles. The van der Waals surface area contributed by atoms with Gasteiger partial charge in [-0.15, -0.1) is 0 Å². The van der Waals surface area contributed by atoms with Crippen molar-refractivity contribution in [3.8, 4) is 0 Å². The molecule has 13 heavy (non-hydrogen) atoms. The normalized spacial score (nSPS) is 19.9. The highest BCUT2D eigenvalue weighted by atomic mass is 19.4. The maximum Gasteiger partial charge on any atom is 0.448 e. The fraction of sp³-hybridized carbons (Fsp3) is 0.778. The number of hydrogen-bond donors (Lipinski definition) is 0. The van der Waals surface area contributed by atoms with Gasteiger partial charge in [-0.05, 0) is 25.7 Å². The molecule has 1 fully saturated rings. The van der Waals surface area contributed by atoms with Crippen LogP contribution in [0.3, 0.4) is 0 Å². The van der Waals surface area contributed by atoms with Crippen LogP contribution in [-0.4, -0.2) is 12.3 Å². The first-order valence-corrected chi connectivity index (χ1v) is 4.43. The van der Waals surface area contributed by atoms with Crippen LogP contribution in [0.1, 0.15) is 32.1 Å². The third kappa shape index (κ3) is 3.28. The van der Waals surface area contributed by atoms with E-state index in [1.165, 1.54) is 0 Å². The summed E-state index contributed by atoms with van der Waals surface area (Å²) in [5.74, 6) is -1.06. The van der Waals surface area contributed by atoms with E-state index in [4.69, 9.17) is 4.74 Å². The van der Waals surface area contributed by atoms with Crippen LogP contribution in [0.15, 0.2) is 12.3 Å². The van der Waals surface area contributed by atoms with E-state index in [0.29, 0.717) is 0 Å². The predicted octanol–water partition coefficient (Wildman–Crippen LogP) is 3.41. The smallest absolute Gasteiger partial charge is 0.448 e. The topological polar surface area (TPSA) is 9.23 Å². The van der Waals surface area contributed by atoms with E-state index < -0.39 is 11.9 Å². The summed E-state index contributed by atoms with van der Waals surface area (Å²) in [7, 11) is 0. The van der Waals surface area contributed by atoms with E-state index in [-0.39, 0.29) is 6.10 Å². The molecule has 0 radical (unpaired) electrons. The van der Waals surface area contributed by atoms with Crippen molar-refractivity contribution in [3.05, 3.63) is 12.3 Å². The van der Waals surface area contributed by atoms with Gasteiger partial charge < -0.3 is 4.74 Å². The zero-order chi connectivity index (χ0) is 9.90. The lowest BCUT2D eigenvalue weighted by Crippen LogP contribution is -2.22. The molecule has 0 aromatic heterocycles. The van der Waals surface area contributed by atoms with Gasteiger partial charge in [-0.2, -0.15) is 13.2 Å². The molecular weight excluding hydrogens is 181 g/mol. The van der Waals surface area contributed by atoms with Gasteiger partial charge in [0.2, 0.25) is 0 Å². The maximum absolute atomic E-state index is 12.0. The first-order valence-electron chi connectivity index (χ1n) is 4.43. The molecule has 1 rings (SSSR count). The Balaban J connectivity index is 2.35. The van der Waals surface area contributed by atoms with Crippen LogP contribution in [0.5, 0.6) is 0 Å². The summed E-state index contributed by atoms with van der Waals surface area (Å²) in [6.45, 7) is 2.87. The lowest BCUT2D eigenvalue weighted by molar-refractivity contribution is -0.141. The van der Waals surface area contributed by atoms with E-state index in [1.54, 1.807) is 0 Å². The number of allylic oxidation sites excluding steroid dienone is 1. The van der Waals surface area contributed by atoms with Gasteiger partial charge in [-0.25, -0.2) is 0 Å². The number of hydrogen-bond acceptors (Lipinski definition) is 1. The van der Waals surface area contributed by atoms with Gasteiger partial charge in [-0.3, -0.25) is 0 Å². The standard InChI is InChI=1S/C9H13F3O/c1-7(9(10,11)12)13-8-5-3-2-4-6-8/h8H,1-6H2. The summed E-state index contributed by atoms with van der Waals surface area (Å²) in [4.78, 5) is 0. The highest BCUT2D eigenvalue weighted by molar-refractivity contribution is 4.93. The number of ether oxygens (including phenoxy) is 1. The summed E-state index contributed by atoms with van der Waals surface area (Å²) in [5, 5.41) is 0. The summed E-state index contributed by atoms with van der Waals surface area (Å²) < 4.78 is 40.7. The molecule has 1 aliphatic rings. The number of rotatable bonds is 2. The van der Waals surface area contributed by atoms with E-state index in [1.807, 2.05) is 0 Å². The Kier molecular flexibility index (Phi) is 3.22. The van der Waals surface area contributed by atoms with Crippen molar-refractivity contribution in [3.63, 3.8) is 0 Å². The molecule has 1 nitrogen and oxygen atoms in total. The second-order valence-corrected chi connectivity index (χ2v) is 3.30. The first-order chi connectivity index (χ1) is 6.00. The Labute approximate surface area is 75.6 Å². The molecule has 0 atom stereocenters. The summed E-state index contributed by atoms with van der Waals surface area (Å²) in [5.41, 5.74) is 0. The maximum atomic E-state index is 12.0. The summed E-state index contributed by atoms with van der Waals surface area (Å²) >= 11 is 0. The van der Waals surface area contributed by atoms with E-state index in [0.717, 1.165) is 32.1 Å². The molecule has 0 aromatic rings. The molecule has 76 valence electrons. The Bertz CT molecular complexity index is 180. The van der Waals surface area contributed by atoms with Gasteiger partial charge in [0, 0.05) is 0 Å². The van der Waals surface area contributed by atoms with Crippen LogP contribution < -0.4 is 0 Å². The van der Waals surface area contributed by atoms with E-state index in [9.17, 15) is 13.2 Å². The molecular formula is C9H13F3O. The molecule has 0 heterocycles. The third-order valence-corrected chi connectivity index (χ3v) is 2.18. The largest absolute Gasteiger partial charge is 0.486 e. The average molecular weight is 194 g/mol. The minimum absolute atomic E-state index is 0.275. The van der Waals surface area contributed by atoms with Gasteiger partial charge in [0.1, 0.15) is 0 Å². The lowest BCUT2D eigenvalue weighted by Gasteiger charge is -2.24. The zero-order valence-corrected chi connectivity index (χ0v) is 7.36. The molecule has 0 bridgehead atoms. The molecule has 4 heteroatoms. The molecule has 0 aliphatic heterocycles. The van der Waals surface area contributed by atoms with Crippen molar-refractivity contribution in [2.24, 2.45) is 0 Å². The SMILES string of the molecule is C=C(OC1CCCCC1)C(F)(F)F. The Morgan fingerprint density at radius 3 is 2.15 bits per heavy atom. The number of alkyl halides is 3. The Morgan fingerprint density at radius 2 is 1.69 bits per heavy atom. The second kappa shape index (κ2) is 4.03. The van der Waals surface area contributed by atoms with Crippen molar-refractivity contribution in [1.29, 1.82) is 0 Å². The predicted molar refractivity (Wildman–Crippen MR) is 43.2 cm³/mol. The highest BCUT2D eigenvalue weighted by Crippen LogP contribution is 2.29. The van der Waals surface area contributed by atoms with Crippen molar-refractivity contribution < 1.29 is 17.9 Å². The van der Waals surface area contributed by atoms with Gasteiger partial charge in [-0.1, -0.05) is 13.0 Å². The molecule has 0 unspecified atom stereocenters. The minimum atomic E-state index is -4.41. The van der Waals surface area contributed by atoms with Gasteiger partial charge in [0.15, 0.2) is 5.76 Å². The Morgan fingerprint density at radius 1 is 1.15 bits per heavy atom. The minimum Gasteiger partial charge on any atom is -0.486 e. The van der Waals surface area contributed by atoms with Crippen LogP contribution >= 0.6 is 0 Å². The fourth-order valence-electron chi connectivity index (χ4n) is 1.45. The fourth-order valence-corrected chi connectivity index (χ4v) is 1.45. The molecule has 1 saturated carbocycles. The van der Waals surface area contributed by atoms with Crippen molar-refractivity contribution in [2.45, 2.75) is 44.4 Å². The summed E-state index contributed by atoms with van der Waals surface area (Å²) in [6.07, 6.45) is -0.242. The molecule has 0 saturated heterocycles. The average Bonchev–Trinajstić information content (AvgIpc) is 2.04. The highest BCUT2D eigenvalue weighted by Gasteiger charge is 2.35. The quantitative estimate of drug-likeness (QED) is 0.612. The zero-order valence-electron chi connectivity index (χ0n) is 7.36. The second-order valence-electron chi connectivity index (χ2n) is 3.30. The summed E-state index contributed by atoms with van der Waals surface area (Å²) in [6, 6.07) is 0. The monoisotopic (exact) mass is 194 g/mol. The number of halogens is 3. The van der Waals surface area contributed by atoms with E-state index >= 15 is 0 Å². The van der Waals surface area contributed by atoms with Gasteiger partial charge >= 0.3 is 6.18 Å². The Hall–Kier alpha value is -0.670. The lowest BCUT2D eigenvalue weighted by atomic mass is 9.98. The van der Waals surface area contributed by atoms with Crippen LogP contribution in [-0.2, 0) is 4.74 Å². The first kappa shape index (κ1) is 10.4. The van der Waals surface area contributed by atoms with Crippen molar-refractivity contribution in [2.75, 3.05) is 0 Å². The molecule has 0 amide bonds. The molecule has 1 aliphatic carbocycles. The third-order valence-electron chi connectivity index (χ3n) is 2.18. The molecule has 0 spiro atoms. The van der Waals surface area contributed by atoms with E-state index in [2.05, 4.69) is 6.58 Å². The van der Waals surface area contributed by atoms with Crippen LogP contribution in [0, 0.1) is 0 Å². The van der Waals surface area contributed by atoms with Gasteiger partial charge in [0.05, 0.1) is 6.10 Å².